The molecule has 5 N–H and O–H groups in total. The van der Waals surface area contributed by atoms with Crippen molar-refractivity contribution < 1.29 is 9.53 Å². The molecule has 1 saturated heterocycles. The van der Waals surface area contributed by atoms with Gasteiger partial charge in [0.1, 0.15) is 6.10 Å². The minimum atomic E-state index is 0.144. The number of piperidine rings is 1. The Kier molecular flexibility index (Phi) is 3.91. The molecule has 2 fully saturated rings. The molecule has 0 amide bonds. The molecule has 0 radical (unpaired) electrons. The van der Waals surface area contributed by atoms with E-state index >= 15 is 0 Å². The van der Waals surface area contributed by atoms with E-state index in [9.17, 15) is 4.79 Å². The van der Waals surface area contributed by atoms with Gasteiger partial charge in [-0.1, -0.05) is 0 Å². The normalized spacial score (nSPS) is 24.7. The van der Waals surface area contributed by atoms with Crippen molar-refractivity contribution in [2.24, 2.45) is 16.9 Å². The highest BCUT2D eigenvalue weighted by atomic mass is 16.5. The number of hydrogen-bond acceptors (Lipinski definition) is 5. The molecule has 0 bridgehead atoms. The number of allylic oxidation sites excluding steroid dienone is 3. The van der Waals surface area contributed by atoms with Crippen molar-refractivity contribution in [2.45, 2.75) is 31.8 Å². The number of hydrogen-bond donors (Lipinski definition) is 3. The van der Waals surface area contributed by atoms with Crippen LogP contribution in [0.15, 0.2) is 23.7 Å². The Labute approximate surface area is 107 Å². The third-order valence-corrected chi connectivity index (χ3v) is 3.86. The zero-order chi connectivity index (χ0) is 13.0. The van der Waals surface area contributed by atoms with Crippen LogP contribution < -0.4 is 16.8 Å². The van der Waals surface area contributed by atoms with E-state index in [0.29, 0.717) is 17.6 Å². The molecule has 0 atom stereocenters. The zero-order valence-corrected chi connectivity index (χ0v) is 10.5. The van der Waals surface area contributed by atoms with Crippen molar-refractivity contribution >= 4 is 6.29 Å². The summed E-state index contributed by atoms with van der Waals surface area (Å²) in [5.41, 5.74) is 11.7. The number of ether oxygens (including phenoxy) is 1. The first-order valence-corrected chi connectivity index (χ1v) is 6.39. The second kappa shape index (κ2) is 5.44. The van der Waals surface area contributed by atoms with Gasteiger partial charge in [0.15, 0.2) is 12.2 Å². The van der Waals surface area contributed by atoms with E-state index in [4.69, 9.17) is 16.2 Å². The number of nitrogens with one attached hydrogen (secondary N) is 1. The molecule has 100 valence electrons. The smallest absolute Gasteiger partial charge is 0.184 e. The number of aldehydes is 1. The maximum atomic E-state index is 10.3. The molecule has 1 saturated carbocycles. The largest absolute Gasteiger partial charge is 0.476 e. The first-order valence-electron chi connectivity index (χ1n) is 6.39. The van der Waals surface area contributed by atoms with Gasteiger partial charge in [-0.25, -0.2) is 0 Å². The summed E-state index contributed by atoms with van der Waals surface area (Å²) in [5, 5.41) is 3.37. The van der Waals surface area contributed by atoms with Crippen molar-refractivity contribution in [2.75, 3.05) is 13.1 Å². The molecule has 5 heteroatoms. The van der Waals surface area contributed by atoms with E-state index in [-0.39, 0.29) is 11.8 Å². The molecule has 0 aromatic carbocycles. The van der Waals surface area contributed by atoms with Crippen LogP contribution in [-0.4, -0.2) is 25.5 Å². The van der Waals surface area contributed by atoms with Crippen LogP contribution in [0.5, 0.6) is 0 Å². The molecular weight excluding hydrogens is 230 g/mol. The lowest BCUT2D eigenvalue weighted by Crippen LogP contribution is -2.48. The van der Waals surface area contributed by atoms with Crippen molar-refractivity contribution in [3.63, 3.8) is 0 Å². The number of carbonyl (C=O) groups is 1. The van der Waals surface area contributed by atoms with Crippen LogP contribution in [-0.2, 0) is 9.53 Å². The third kappa shape index (κ3) is 3.04. The Morgan fingerprint density at radius 1 is 1.22 bits per heavy atom. The fraction of sp³-hybridized carbons (Fsp3) is 0.615. The van der Waals surface area contributed by atoms with Gasteiger partial charge in [-0.05, 0) is 56.3 Å². The van der Waals surface area contributed by atoms with Crippen molar-refractivity contribution in [1.82, 2.24) is 5.32 Å². The van der Waals surface area contributed by atoms with E-state index in [0.717, 1.165) is 25.9 Å². The molecule has 1 spiro atoms. The fourth-order valence-electron chi connectivity index (χ4n) is 2.80. The van der Waals surface area contributed by atoms with Gasteiger partial charge in [0, 0.05) is 0 Å². The van der Waals surface area contributed by atoms with E-state index in [1.807, 2.05) is 0 Å². The standard InChI is InChI=1S/C13H21N3O2/c14-10(9-17)1-2-12(15)18-11-7-13(8-11)3-5-16-6-4-13/h1-2,9,11,16H,3-8,14-15H2/b10-1-,12-2+. The highest BCUT2D eigenvalue weighted by Crippen LogP contribution is 2.49. The molecule has 1 aliphatic heterocycles. The number of rotatable bonds is 4. The first kappa shape index (κ1) is 13.0. The van der Waals surface area contributed by atoms with Gasteiger partial charge in [-0.2, -0.15) is 0 Å². The molecule has 0 unspecified atom stereocenters. The first-order chi connectivity index (χ1) is 8.63. The van der Waals surface area contributed by atoms with Gasteiger partial charge in [0.2, 0.25) is 0 Å². The lowest BCUT2D eigenvalue weighted by Gasteiger charge is -2.49. The fourth-order valence-corrected chi connectivity index (χ4v) is 2.80. The lowest BCUT2D eigenvalue weighted by molar-refractivity contribution is -0.104. The second-order valence-corrected chi connectivity index (χ2v) is 5.25. The SMILES string of the molecule is N/C(C=O)=C\C=C(/N)OC1CC2(CCNCC2)C1. The summed E-state index contributed by atoms with van der Waals surface area (Å²) >= 11 is 0. The Balaban J connectivity index is 1.77. The minimum absolute atomic E-state index is 0.144. The van der Waals surface area contributed by atoms with Crippen LogP contribution in [0.25, 0.3) is 0 Å². The zero-order valence-electron chi connectivity index (χ0n) is 10.5. The highest BCUT2D eigenvalue weighted by molar-refractivity contribution is 5.72. The topological polar surface area (TPSA) is 90.4 Å². The maximum Gasteiger partial charge on any atom is 0.184 e. The molecule has 2 aliphatic rings. The summed E-state index contributed by atoms with van der Waals surface area (Å²) < 4.78 is 5.61. The molecule has 1 aliphatic carbocycles. The van der Waals surface area contributed by atoms with Crippen LogP contribution in [0.2, 0.25) is 0 Å². The van der Waals surface area contributed by atoms with Crippen molar-refractivity contribution in [3.8, 4) is 0 Å². The molecule has 0 aromatic rings. The average molecular weight is 251 g/mol. The number of nitrogens with two attached hydrogens (primary N) is 2. The lowest BCUT2D eigenvalue weighted by atomic mass is 9.62. The third-order valence-electron chi connectivity index (χ3n) is 3.86. The van der Waals surface area contributed by atoms with E-state index in [1.54, 1.807) is 0 Å². The summed E-state index contributed by atoms with van der Waals surface area (Å²) in [7, 11) is 0. The molecule has 2 rings (SSSR count). The highest BCUT2D eigenvalue weighted by Gasteiger charge is 2.45. The van der Waals surface area contributed by atoms with Crippen LogP contribution in [0.4, 0.5) is 0 Å². The molecular formula is C13H21N3O2. The maximum absolute atomic E-state index is 10.3. The molecule has 5 nitrogen and oxygen atoms in total. The quantitative estimate of drug-likeness (QED) is 0.291. The van der Waals surface area contributed by atoms with Crippen LogP contribution in [0.1, 0.15) is 25.7 Å². The van der Waals surface area contributed by atoms with Gasteiger partial charge in [-0.15, -0.1) is 0 Å². The average Bonchev–Trinajstić information content (AvgIpc) is 2.35. The summed E-state index contributed by atoms with van der Waals surface area (Å²) in [6, 6.07) is 0. The Morgan fingerprint density at radius 3 is 2.50 bits per heavy atom. The summed E-state index contributed by atoms with van der Waals surface area (Å²) in [4.78, 5) is 10.3. The van der Waals surface area contributed by atoms with Gasteiger partial charge >= 0.3 is 0 Å². The summed E-state index contributed by atoms with van der Waals surface area (Å²) in [6.45, 7) is 2.22. The Morgan fingerprint density at radius 2 is 1.89 bits per heavy atom. The summed E-state index contributed by atoms with van der Waals surface area (Å²) in [6.07, 6.45) is 8.41. The van der Waals surface area contributed by atoms with Crippen LogP contribution in [0, 0.1) is 5.41 Å². The Hall–Kier alpha value is -1.49. The predicted molar refractivity (Wildman–Crippen MR) is 69.2 cm³/mol. The molecule has 0 aromatic heterocycles. The molecule has 18 heavy (non-hydrogen) atoms. The van der Waals surface area contributed by atoms with Gasteiger partial charge in [0.05, 0.1) is 5.70 Å². The van der Waals surface area contributed by atoms with Gasteiger partial charge < -0.3 is 21.5 Å². The van der Waals surface area contributed by atoms with Crippen molar-refractivity contribution in [3.05, 3.63) is 23.7 Å². The molecule has 1 heterocycles. The van der Waals surface area contributed by atoms with Gasteiger partial charge in [-0.3, -0.25) is 4.79 Å². The van der Waals surface area contributed by atoms with E-state index < -0.39 is 0 Å². The van der Waals surface area contributed by atoms with E-state index in [2.05, 4.69) is 5.32 Å². The second-order valence-electron chi connectivity index (χ2n) is 5.25. The minimum Gasteiger partial charge on any atom is -0.476 e. The Bertz CT molecular complexity index is 362. The van der Waals surface area contributed by atoms with Crippen molar-refractivity contribution in [1.29, 1.82) is 0 Å². The van der Waals surface area contributed by atoms with Gasteiger partial charge in [0.25, 0.3) is 0 Å². The predicted octanol–water partition coefficient (Wildman–Crippen LogP) is 0.377. The van der Waals surface area contributed by atoms with Crippen LogP contribution >= 0.6 is 0 Å². The number of carbonyl (C=O) groups excluding carboxylic acids is 1. The van der Waals surface area contributed by atoms with E-state index in [1.165, 1.54) is 25.0 Å². The monoisotopic (exact) mass is 251 g/mol. The summed E-state index contributed by atoms with van der Waals surface area (Å²) in [5.74, 6) is 0.327. The van der Waals surface area contributed by atoms with Crippen LogP contribution in [0.3, 0.4) is 0 Å².